The first kappa shape index (κ1) is 26.9. The van der Waals surface area contributed by atoms with Gasteiger partial charge in [0.15, 0.2) is 0 Å². The fourth-order valence-electron chi connectivity index (χ4n) is 4.31. The summed E-state index contributed by atoms with van der Waals surface area (Å²) < 4.78 is -0.260. The monoisotopic (exact) mass is 580 g/mol. The van der Waals surface area contributed by atoms with Crippen molar-refractivity contribution in [2.45, 2.75) is 47.3 Å². The summed E-state index contributed by atoms with van der Waals surface area (Å²) >= 11 is 0.00118. The first-order valence-electron chi connectivity index (χ1n) is 12.9. The van der Waals surface area contributed by atoms with Crippen molar-refractivity contribution in [3.8, 4) is 0 Å². The van der Waals surface area contributed by atoms with E-state index < -0.39 is 0 Å². The average Bonchev–Trinajstić information content (AvgIpc) is 2.96. The number of benzene rings is 4. The van der Waals surface area contributed by atoms with Gasteiger partial charge in [0.05, 0.1) is 0 Å². The molecule has 0 saturated heterocycles. The van der Waals surface area contributed by atoms with Crippen LogP contribution in [0, 0.1) is 0 Å². The van der Waals surface area contributed by atoms with Gasteiger partial charge in [0.2, 0.25) is 0 Å². The number of carbonyl (C=O) groups is 2. The number of rotatable bonds is 14. The first-order valence-corrected chi connectivity index (χ1v) is 14.7. The summed E-state index contributed by atoms with van der Waals surface area (Å²) in [5.41, 5.74) is 4.68. The Morgan fingerprint density at radius 1 is 0.459 bits per heavy atom. The Morgan fingerprint density at radius 2 is 0.757 bits per heavy atom. The maximum atomic E-state index is 13.6. The summed E-state index contributed by atoms with van der Waals surface area (Å²) in [5, 5.41) is 0. The van der Waals surface area contributed by atoms with Crippen molar-refractivity contribution in [2.75, 3.05) is 0 Å². The molecule has 0 bridgehead atoms. The predicted molar refractivity (Wildman–Crippen MR) is 147 cm³/mol. The molecule has 192 valence electrons. The molecule has 3 heteroatoms. The van der Waals surface area contributed by atoms with Crippen molar-refractivity contribution < 1.29 is 27.6 Å². The maximum absolute atomic E-state index is 13.6. The summed E-state index contributed by atoms with van der Waals surface area (Å²) in [6.07, 6.45) is 3.89. The van der Waals surface area contributed by atoms with Gasteiger partial charge in [0.25, 0.3) is 0 Å². The van der Waals surface area contributed by atoms with Crippen LogP contribution in [-0.2, 0) is 53.3 Å². The molecule has 2 atom stereocenters. The number of hydrogen-bond acceptors (Lipinski definition) is 2. The number of aryl methyl sites for hydroxylation is 2. The molecule has 0 fully saturated rings. The van der Waals surface area contributed by atoms with E-state index in [4.69, 9.17) is 0 Å². The number of hydrogen-bond donors (Lipinski definition) is 0. The van der Waals surface area contributed by atoms with E-state index in [2.05, 4.69) is 48.5 Å². The normalized spacial score (nSPS) is 12.6. The van der Waals surface area contributed by atoms with Gasteiger partial charge >= 0.3 is 230 Å². The third-order valence-electron chi connectivity index (χ3n) is 6.41. The van der Waals surface area contributed by atoms with E-state index in [0.29, 0.717) is 25.7 Å². The zero-order valence-electron chi connectivity index (χ0n) is 21.1. The minimum absolute atomic E-state index is 0.00118. The van der Waals surface area contributed by atoms with Crippen molar-refractivity contribution in [1.82, 2.24) is 0 Å². The molecule has 4 aromatic carbocycles. The van der Waals surface area contributed by atoms with Gasteiger partial charge in [-0.15, -0.1) is 0 Å². The Hall–Kier alpha value is -3.12. The van der Waals surface area contributed by atoms with E-state index in [1.807, 2.05) is 72.8 Å². The molecule has 0 aromatic heterocycles. The molecule has 0 aliphatic heterocycles. The van der Waals surface area contributed by atoms with Crippen molar-refractivity contribution in [2.24, 2.45) is 0 Å². The van der Waals surface area contributed by atoms with Gasteiger partial charge in [0, 0.05) is 0 Å². The summed E-state index contributed by atoms with van der Waals surface area (Å²) in [7, 11) is 0. The summed E-state index contributed by atoms with van der Waals surface area (Å²) in [6, 6.07) is 40.9. The van der Waals surface area contributed by atoms with Crippen LogP contribution in [0.5, 0.6) is 0 Å². The number of ketones is 2. The molecule has 0 aliphatic carbocycles. The quantitative estimate of drug-likeness (QED) is 0.144. The van der Waals surface area contributed by atoms with Crippen LogP contribution in [-0.4, -0.2) is 11.6 Å². The van der Waals surface area contributed by atoms with Gasteiger partial charge in [-0.1, -0.05) is 0 Å². The van der Waals surface area contributed by atoms with Crippen molar-refractivity contribution in [3.63, 3.8) is 0 Å². The molecule has 0 saturated carbocycles. The van der Waals surface area contributed by atoms with Crippen LogP contribution in [0.1, 0.15) is 35.1 Å². The van der Waals surface area contributed by atoms with Crippen LogP contribution in [0.3, 0.4) is 0 Å². The second-order valence-corrected chi connectivity index (χ2v) is 11.9. The second-order valence-electron chi connectivity index (χ2n) is 9.24. The van der Waals surface area contributed by atoms with Gasteiger partial charge < -0.3 is 0 Å². The first-order chi connectivity index (χ1) is 18.2. The SMILES string of the molecule is O=C(CCc1ccccc1)[CH](Cc1ccccc1)[Pd][CH](Cc1ccccc1)C(=O)CCc1ccccc1. The van der Waals surface area contributed by atoms with Gasteiger partial charge in [-0.2, -0.15) is 0 Å². The van der Waals surface area contributed by atoms with E-state index in [1.54, 1.807) is 0 Å². The van der Waals surface area contributed by atoms with Crippen molar-refractivity contribution in [3.05, 3.63) is 144 Å². The molecule has 37 heavy (non-hydrogen) atoms. The molecule has 0 N–H and O–H groups in total. The molecule has 4 rings (SSSR count). The Kier molecular flexibility index (Phi) is 10.6. The Bertz CT molecular complexity index is 1130. The van der Waals surface area contributed by atoms with Crippen molar-refractivity contribution >= 4 is 11.6 Å². The third kappa shape index (κ3) is 9.05. The topological polar surface area (TPSA) is 34.1 Å². The Balaban J connectivity index is 1.51. The zero-order valence-corrected chi connectivity index (χ0v) is 22.6. The Labute approximate surface area is 229 Å². The van der Waals surface area contributed by atoms with Crippen molar-refractivity contribution in [1.29, 1.82) is 0 Å². The Morgan fingerprint density at radius 3 is 1.08 bits per heavy atom. The summed E-state index contributed by atoms with van der Waals surface area (Å²) in [6.45, 7) is 0. The number of carbonyl (C=O) groups excluding carboxylic acids is 2. The fraction of sp³-hybridized carbons (Fsp3) is 0.235. The predicted octanol–water partition coefficient (Wildman–Crippen LogP) is 7.54. The van der Waals surface area contributed by atoms with Gasteiger partial charge in [-0.05, 0) is 0 Å². The van der Waals surface area contributed by atoms with Gasteiger partial charge in [0.1, 0.15) is 0 Å². The second kappa shape index (κ2) is 14.6. The molecule has 0 spiro atoms. The van der Waals surface area contributed by atoms with E-state index in [-0.39, 0.29) is 38.3 Å². The molecule has 2 unspecified atom stereocenters. The standard InChI is InChI=1S/2C17H17O.Pd/c2*18-17(13-11-15-7-3-1-4-8-15)14-12-16-9-5-2-6-10-16;/h2*1-10,13H,11-12,14H2;. The van der Waals surface area contributed by atoms with Crippen LogP contribution in [0.2, 0.25) is 8.78 Å². The molecule has 0 aliphatic rings. The molecular weight excluding hydrogens is 547 g/mol. The van der Waals surface area contributed by atoms with E-state index in [0.717, 1.165) is 24.0 Å². The van der Waals surface area contributed by atoms with Gasteiger partial charge in [-0.25, -0.2) is 0 Å². The minimum atomic E-state index is -0.130. The molecular formula is C34H34O2Pd. The fourth-order valence-corrected chi connectivity index (χ4v) is 7.19. The molecule has 0 heterocycles. The summed E-state index contributed by atoms with van der Waals surface area (Å²) in [4.78, 5) is 27.2. The third-order valence-corrected chi connectivity index (χ3v) is 9.30. The molecule has 0 amide bonds. The average molecular weight is 581 g/mol. The zero-order chi connectivity index (χ0) is 25.7. The van der Waals surface area contributed by atoms with Gasteiger partial charge in [-0.3, -0.25) is 0 Å². The van der Waals surface area contributed by atoms with E-state index in [1.165, 1.54) is 11.1 Å². The van der Waals surface area contributed by atoms with Crippen LogP contribution >= 0.6 is 0 Å². The van der Waals surface area contributed by atoms with E-state index in [9.17, 15) is 9.59 Å². The molecule has 4 aromatic rings. The van der Waals surface area contributed by atoms with Crippen LogP contribution in [0.25, 0.3) is 0 Å². The summed E-state index contributed by atoms with van der Waals surface area (Å²) in [5.74, 6) is 0.547. The molecule has 2 nitrogen and oxygen atoms in total. The number of Topliss-reactive ketones (excluding diaryl/α,β-unsaturated/α-hetero) is 2. The van der Waals surface area contributed by atoms with Crippen LogP contribution in [0.15, 0.2) is 121 Å². The van der Waals surface area contributed by atoms with Crippen LogP contribution in [0.4, 0.5) is 0 Å². The van der Waals surface area contributed by atoms with E-state index >= 15 is 0 Å². The van der Waals surface area contributed by atoms with Crippen LogP contribution < -0.4 is 0 Å². The molecule has 0 radical (unpaired) electrons.